The number of nitrogens with zero attached hydrogens (tertiary/aromatic N) is 3. The van der Waals surface area contributed by atoms with Crippen LogP contribution in [0.5, 0.6) is 5.75 Å². The van der Waals surface area contributed by atoms with Gasteiger partial charge in [-0.15, -0.1) is 0 Å². The monoisotopic (exact) mass is 413 g/mol. The van der Waals surface area contributed by atoms with Crippen molar-refractivity contribution >= 4 is 15.9 Å². The van der Waals surface area contributed by atoms with Crippen molar-refractivity contribution in [3.63, 3.8) is 0 Å². The third-order valence-electron chi connectivity index (χ3n) is 4.83. The second-order valence-corrected chi connectivity index (χ2v) is 8.82. The van der Waals surface area contributed by atoms with Crippen LogP contribution in [0.15, 0.2) is 53.4 Å². The van der Waals surface area contributed by atoms with Crippen LogP contribution in [0, 0.1) is 18.3 Å². The molecule has 0 spiro atoms. The Morgan fingerprint density at radius 2 is 1.79 bits per heavy atom. The number of ether oxygens (including phenoxy) is 1. The summed E-state index contributed by atoms with van der Waals surface area (Å²) in [6.45, 7) is 4.53. The van der Waals surface area contributed by atoms with Gasteiger partial charge in [-0.05, 0) is 43.7 Å². The van der Waals surface area contributed by atoms with E-state index in [0.717, 1.165) is 5.56 Å². The van der Waals surface area contributed by atoms with Gasteiger partial charge in [0.1, 0.15) is 11.8 Å². The molecule has 2 aromatic carbocycles. The minimum atomic E-state index is -3.79. The van der Waals surface area contributed by atoms with Gasteiger partial charge < -0.3 is 9.64 Å². The standard InChI is InChI=1S/C21H23N3O4S/c1-16-6-5-8-19(14-16)28-17(2)21(25)23-10-12-24(13-11-23)29(26,27)20-9-4-3-7-18(20)15-22/h3-9,14,17H,10-13H2,1-2H3. The first-order valence-corrected chi connectivity index (χ1v) is 10.8. The number of amides is 1. The molecule has 152 valence electrons. The predicted octanol–water partition coefficient (Wildman–Crippen LogP) is 2.17. The number of benzene rings is 2. The lowest BCUT2D eigenvalue weighted by molar-refractivity contribution is -0.139. The Bertz CT molecular complexity index is 1040. The zero-order chi connectivity index (χ0) is 21.0. The van der Waals surface area contributed by atoms with Crippen LogP contribution < -0.4 is 4.74 Å². The molecule has 1 fully saturated rings. The van der Waals surface area contributed by atoms with Crippen LogP contribution in [-0.4, -0.2) is 55.8 Å². The van der Waals surface area contributed by atoms with Crippen molar-refractivity contribution in [2.24, 2.45) is 0 Å². The number of carbonyl (C=O) groups is 1. The molecule has 8 heteroatoms. The molecule has 1 heterocycles. The van der Waals surface area contributed by atoms with Crippen molar-refractivity contribution in [1.82, 2.24) is 9.21 Å². The zero-order valence-electron chi connectivity index (χ0n) is 16.4. The van der Waals surface area contributed by atoms with Crippen LogP contribution in [0.1, 0.15) is 18.1 Å². The topological polar surface area (TPSA) is 90.7 Å². The summed E-state index contributed by atoms with van der Waals surface area (Å²) in [4.78, 5) is 14.3. The first-order valence-electron chi connectivity index (χ1n) is 9.34. The minimum Gasteiger partial charge on any atom is -0.481 e. The Kier molecular flexibility index (Phi) is 6.20. The molecule has 0 bridgehead atoms. The van der Waals surface area contributed by atoms with E-state index in [2.05, 4.69) is 0 Å². The lowest BCUT2D eigenvalue weighted by Crippen LogP contribution is -2.53. The Morgan fingerprint density at radius 3 is 2.45 bits per heavy atom. The van der Waals surface area contributed by atoms with Crippen molar-refractivity contribution in [2.75, 3.05) is 26.2 Å². The van der Waals surface area contributed by atoms with Crippen molar-refractivity contribution in [2.45, 2.75) is 24.8 Å². The predicted molar refractivity (Wildman–Crippen MR) is 108 cm³/mol. The van der Waals surface area contributed by atoms with Crippen LogP contribution in [-0.2, 0) is 14.8 Å². The molecule has 1 unspecified atom stereocenters. The van der Waals surface area contributed by atoms with Gasteiger partial charge >= 0.3 is 0 Å². The van der Waals surface area contributed by atoms with Gasteiger partial charge in [0.2, 0.25) is 10.0 Å². The third kappa shape index (κ3) is 4.58. The molecule has 1 aliphatic rings. The Balaban J connectivity index is 1.64. The molecule has 1 saturated heterocycles. The molecule has 0 N–H and O–H groups in total. The fourth-order valence-electron chi connectivity index (χ4n) is 3.27. The maximum Gasteiger partial charge on any atom is 0.263 e. The van der Waals surface area contributed by atoms with Gasteiger partial charge in [0, 0.05) is 26.2 Å². The molecule has 0 radical (unpaired) electrons. The average Bonchev–Trinajstić information content (AvgIpc) is 2.73. The fraction of sp³-hybridized carbons (Fsp3) is 0.333. The molecule has 0 aliphatic carbocycles. The molecule has 29 heavy (non-hydrogen) atoms. The Labute approximate surface area is 171 Å². The van der Waals surface area contributed by atoms with Crippen molar-refractivity contribution in [3.05, 3.63) is 59.7 Å². The van der Waals surface area contributed by atoms with Gasteiger partial charge in [-0.3, -0.25) is 4.79 Å². The summed E-state index contributed by atoms with van der Waals surface area (Å²) in [5.41, 5.74) is 1.16. The highest BCUT2D eigenvalue weighted by Crippen LogP contribution is 2.22. The molecule has 7 nitrogen and oxygen atoms in total. The lowest BCUT2D eigenvalue weighted by atomic mass is 10.2. The first-order chi connectivity index (χ1) is 13.8. The molecular formula is C21H23N3O4S. The highest BCUT2D eigenvalue weighted by molar-refractivity contribution is 7.89. The number of rotatable bonds is 5. The normalized spacial score (nSPS) is 16.1. The van der Waals surface area contributed by atoms with Crippen LogP contribution in [0.4, 0.5) is 0 Å². The van der Waals surface area contributed by atoms with E-state index in [1.165, 1.54) is 16.4 Å². The van der Waals surface area contributed by atoms with Gasteiger partial charge in [0.15, 0.2) is 6.10 Å². The second kappa shape index (κ2) is 8.64. The molecule has 1 amide bonds. The number of nitriles is 1. The highest BCUT2D eigenvalue weighted by atomic mass is 32.2. The molecule has 0 saturated carbocycles. The van der Waals surface area contributed by atoms with E-state index < -0.39 is 16.1 Å². The summed E-state index contributed by atoms with van der Waals surface area (Å²) in [5, 5.41) is 9.19. The summed E-state index contributed by atoms with van der Waals surface area (Å²) >= 11 is 0. The summed E-state index contributed by atoms with van der Waals surface area (Å²) < 4.78 is 32.9. The fourth-order valence-corrected chi connectivity index (χ4v) is 4.84. The van der Waals surface area contributed by atoms with E-state index in [4.69, 9.17) is 4.74 Å². The van der Waals surface area contributed by atoms with E-state index in [-0.39, 0.29) is 42.5 Å². The number of aryl methyl sites for hydroxylation is 1. The minimum absolute atomic E-state index is 0.00146. The van der Waals surface area contributed by atoms with E-state index in [1.54, 1.807) is 30.0 Å². The maximum atomic E-state index is 12.9. The Hall–Kier alpha value is -2.89. The third-order valence-corrected chi connectivity index (χ3v) is 6.78. The molecular weight excluding hydrogens is 390 g/mol. The van der Waals surface area contributed by atoms with Crippen molar-refractivity contribution in [3.8, 4) is 11.8 Å². The summed E-state index contributed by atoms with van der Waals surface area (Å²) in [6.07, 6.45) is -0.667. The van der Waals surface area contributed by atoms with Crippen molar-refractivity contribution < 1.29 is 17.9 Å². The Morgan fingerprint density at radius 1 is 1.10 bits per heavy atom. The smallest absolute Gasteiger partial charge is 0.263 e. The summed E-state index contributed by atoms with van der Waals surface area (Å²) in [7, 11) is -3.79. The second-order valence-electron chi connectivity index (χ2n) is 6.91. The highest BCUT2D eigenvalue weighted by Gasteiger charge is 2.33. The van der Waals surface area contributed by atoms with E-state index in [9.17, 15) is 18.5 Å². The van der Waals surface area contributed by atoms with Gasteiger partial charge in [-0.25, -0.2) is 8.42 Å². The number of carbonyl (C=O) groups excluding carboxylic acids is 1. The van der Waals surface area contributed by atoms with Crippen LogP contribution in [0.3, 0.4) is 0 Å². The van der Waals surface area contributed by atoms with E-state index in [1.807, 2.05) is 31.2 Å². The van der Waals surface area contributed by atoms with Crippen molar-refractivity contribution in [1.29, 1.82) is 5.26 Å². The summed E-state index contributed by atoms with van der Waals surface area (Å²) in [5.74, 6) is 0.446. The van der Waals surface area contributed by atoms with Gasteiger partial charge in [-0.2, -0.15) is 9.57 Å². The number of sulfonamides is 1. The quantitative estimate of drug-likeness (QED) is 0.749. The SMILES string of the molecule is Cc1cccc(OC(C)C(=O)N2CCN(S(=O)(=O)c3ccccc3C#N)CC2)c1. The van der Waals surface area contributed by atoms with Gasteiger partial charge in [-0.1, -0.05) is 24.3 Å². The maximum absolute atomic E-state index is 12.9. The molecule has 1 aliphatic heterocycles. The molecule has 2 aromatic rings. The molecule has 3 rings (SSSR count). The number of piperazine rings is 1. The largest absolute Gasteiger partial charge is 0.481 e. The first kappa shape index (κ1) is 20.8. The molecule has 1 atom stereocenters. The number of hydrogen-bond donors (Lipinski definition) is 0. The van der Waals surface area contributed by atoms with Crippen LogP contribution >= 0.6 is 0 Å². The zero-order valence-corrected chi connectivity index (χ0v) is 17.2. The van der Waals surface area contributed by atoms with Crippen LogP contribution in [0.25, 0.3) is 0 Å². The number of hydrogen-bond acceptors (Lipinski definition) is 5. The van der Waals surface area contributed by atoms with Crippen LogP contribution in [0.2, 0.25) is 0 Å². The average molecular weight is 413 g/mol. The van der Waals surface area contributed by atoms with E-state index in [0.29, 0.717) is 5.75 Å². The van der Waals surface area contributed by atoms with E-state index >= 15 is 0 Å². The van der Waals surface area contributed by atoms with Gasteiger partial charge in [0.25, 0.3) is 5.91 Å². The lowest BCUT2D eigenvalue weighted by Gasteiger charge is -2.35. The summed E-state index contributed by atoms with van der Waals surface area (Å²) in [6, 6.07) is 15.5. The molecule has 0 aromatic heterocycles. The van der Waals surface area contributed by atoms with Gasteiger partial charge in [0.05, 0.1) is 10.5 Å².